The molecule has 28 heavy (non-hydrogen) atoms. The summed E-state index contributed by atoms with van der Waals surface area (Å²) in [4.78, 5) is 22.4. The molecule has 0 aliphatic carbocycles. The Kier molecular flexibility index (Phi) is 5.49. The molecule has 1 N–H and O–H groups in total. The molecule has 4 heterocycles. The molecule has 150 valence electrons. The fourth-order valence-corrected chi connectivity index (χ4v) is 5.23. The van der Waals surface area contributed by atoms with E-state index in [4.69, 9.17) is 9.72 Å². The number of amides is 1. The molecule has 0 bridgehead atoms. The molecule has 6 nitrogen and oxygen atoms in total. The molecule has 3 aliphatic heterocycles. The van der Waals surface area contributed by atoms with Crippen molar-refractivity contribution in [2.75, 3.05) is 44.2 Å². The molecule has 1 atom stereocenters. The highest BCUT2D eigenvalue weighted by molar-refractivity contribution is 7.17. The number of anilines is 1. The first-order chi connectivity index (χ1) is 13.2. The molecule has 5 rings (SSSR count). The Morgan fingerprint density at radius 1 is 1.21 bits per heavy atom. The number of thiazole rings is 1. The van der Waals surface area contributed by atoms with Crippen molar-refractivity contribution in [3.63, 3.8) is 0 Å². The van der Waals surface area contributed by atoms with Crippen LogP contribution in [0.1, 0.15) is 39.5 Å². The SMILES string of the molecule is C[C@@H](c1ccc2c(c1)OCC2)N1CCN(c2nc3c(s2)C(=O)NCC3)CC1.Cl. The number of benzene rings is 1. The van der Waals surface area contributed by atoms with Crippen molar-refractivity contribution in [1.29, 1.82) is 0 Å². The lowest BCUT2D eigenvalue weighted by Gasteiger charge is -2.38. The van der Waals surface area contributed by atoms with Gasteiger partial charge in [-0.05, 0) is 24.1 Å². The summed E-state index contributed by atoms with van der Waals surface area (Å²) in [6, 6.07) is 7.05. The molecule has 0 spiro atoms. The minimum atomic E-state index is 0. The van der Waals surface area contributed by atoms with Gasteiger partial charge in [0.1, 0.15) is 10.6 Å². The maximum absolute atomic E-state index is 12.0. The number of nitrogens with zero attached hydrogens (tertiary/aromatic N) is 3. The van der Waals surface area contributed by atoms with Crippen molar-refractivity contribution in [2.24, 2.45) is 0 Å². The van der Waals surface area contributed by atoms with E-state index in [1.54, 1.807) is 0 Å². The molecule has 8 heteroatoms. The summed E-state index contributed by atoms with van der Waals surface area (Å²) in [5, 5.41) is 3.90. The lowest BCUT2D eigenvalue weighted by molar-refractivity contribution is 0.0950. The van der Waals surface area contributed by atoms with Crippen LogP contribution in [0.5, 0.6) is 5.75 Å². The minimum Gasteiger partial charge on any atom is -0.493 e. The average molecular weight is 421 g/mol. The third-order valence-electron chi connectivity index (χ3n) is 5.87. The minimum absolute atomic E-state index is 0. The lowest BCUT2D eigenvalue weighted by Crippen LogP contribution is -2.47. The quantitative estimate of drug-likeness (QED) is 0.827. The van der Waals surface area contributed by atoms with Crippen LogP contribution in [-0.4, -0.2) is 55.1 Å². The van der Waals surface area contributed by atoms with Crippen LogP contribution in [0.3, 0.4) is 0 Å². The van der Waals surface area contributed by atoms with Gasteiger partial charge >= 0.3 is 0 Å². The van der Waals surface area contributed by atoms with Gasteiger partial charge in [-0.2, -0.15) is 0 Å². The zero-order chi connectivity index (χ0) is 18.4. The number of ether oxygens (including phenoxy) is 1. The number of halogens is 1. The molecule has 1 fully saturated rings. The monoisotopic (exact) mass is 420 g/mol. The third-order valence-corrected chi connectivity index (χ3v) is 7.03. The van der Waals surface area contributed by atoms with Crippen molar-refractivity contribution in [2.45, 2.75) is 25.8 Å². The molecule has 0 radical (unpaired) electrons. The third kappa shape index (κ3) is 3.47. The molecule has 1 amide bonds. The van der Waals surface area contributed by atoms with E-state index in [0.29, 0.717) is 12.6 Å². The van der Waals surface area contributed by atoms with Gasteiger partial charge in [0.15, 0.2) is 5.13 Å². The average Bonchev–Trinajstić information content (AvgIpc) is 3.34. The molecule has 3 aliphatic rings. The van der Waals surface area contributed by atoms with Gasteiger partial charge in [0.25, 0.3) is 5.91 Å². The van der Waals surface area contributed by atoms with Crippen LogP contribution in [0, 0.1) is 0 Å². The van der Waals surface area contributed by atoms with E-state index in [0.717, 1.165) is 67.1 Å². The predicted molar refractivity (Wildman–Crippen MR) is 113 cm³/mol. The van der Waals surface area contributed by atoms with Crippen LogP contribution in [0.25, 0.3) is 0 Å². The maximum atomic E-state index is 12.0. The van der Waals surface area contributed by atoms with Gasteiger partial charge in [-0.3, -0.25) is 9.69 Å². The number of rotatable bonds is 3. The summed E-state index contributed by atoms with van der Waals surface area (Å²) in [6.45, 7) is 7.66. The first-order valence-corrected chi connectivity index (χ1v) is 10.5. The summed E-state index contributed by atoms with van der Waals surface area (Å²) in [5.41, 5.74) is 3.62. The number of fused-ring (bicyclic) bond motifs is 2. The van der Waals surface area contributed by atoms with Crippen molar-refractivity contribution in [3.05, 3.63) is 39.9 Å². The lowest BCUT2D eigenvalue weighted by atomic mass is 10.0. The van der Waals surface area contributed by atoms with Crippen molar-refractivity contribution in [1.82, 2.24) is 15.2 Å². The van der Waals surface area contributed by atoms with Crippen LogP contribution in [0.4, 0.5) is 5.13 Å². The van der Waals surface area contributed by atoms with Crippen LogP contribution < -0.4 is 15.0 Å². The summed E-state index contributed by atoms with van der Waals surface area (Å²) >= 11 is 1.54. The van der Waals surface area contributed by atoms with E-state index in [2.05, 4.69) is 40.2 Å². The van der Waals surface area contributed by atoms with E-state index in [1.165, 1.54) is 22.5 Å². The van der Waals surface area contributed by atoms with Gasteiger partial charge in [0.05, 0.1) is 12.3 Å². The fourth-order valence-electron chi connectivity index (χ4n) is 4.15. The fraction of sp³-hybridized carbons (Fsp3) is 0.500. The second-order valence-electron chi connectivity index (χ2n) is 7.44. The number of aromatic nitrogens is 1. The van der Waals surface area contributed by atoms with E-state index in [-0.39, 0.29) is 18.3 Å². The number of hydrogen-bond donors (Lipinski definition) is 1. The van der Waals surface area contributed by atoms with Gasteiger partial charge in [0, 0.05) is 51.6 Å². The van der Waals surface area contributed by atoms with Crippen LogP contribution >= 0.6 is 23.7 Å². The number of carbonyl (C=O) groups is 1. The van der Waals surface area contributed by atoms with E-state index >= 15 is 0 Å². The highest BCUT2D eigenvalue weighted by Crippen LogP contribution is 2.33. The Hall–Kier alpha value is -1.83. The zero-order valence-electron chi connectivity index (χ0n) is 15.9. The Labute approximate surface area is 175 Å². The largest absolute Gasteiger partial charge is 0.493 e. The Morgan fingerprint density at radius 3 is 2.82 bits per heavy atom. The molecule has 1 aromatic heterocycles. The number of hydrogen-bond acceptors (Lipinski definition) is 6. The number of nitrogens with one attached hydrogen (secondary N) is 1. The Bertz CT molecular complexity index is 879. The standard InChI is InChI=1S/C20H24N4O2S.ClH/c1-13(15-3-2-14-5-11-26-17(14)12-15)23-7-9-24(10-8-23)20-22-16-4-6-21-19(25)18(16)27-20;/h2-3,12-13H,4-11H2,1H3,(H,21,25);1H/t13-;/m0./s1. The van der Waals surface area contributed by atoms with Gasteiger partial charge in [-0.1, -0.05) is 23.5 Å². The van der Waals surface area contributed by atoms with Crippen molar-refractivity contribution < 1.29 is 9.53 Å². The molecular formula is C20H25ClN4O2S. The Balaban J connectivity index is 0.00000192. The molecule has 2 aromatic rings. The molecule has 0 saturated carbocycles. The van der Waals surface area contributed by atoms with Crippen LogP contribution in [0.15, 0.2) is 18.2 Å². The highest BCUT2D eigenvalue weighted by Gasteiger charge is 2.28. The summed E-state index contributed by atoms with van der Waals surface area (Å²) in [6.07, 6.45) is 1.87. The highest BCUT2D eigenvalue weighted by atomic mass is 35.5. The van der Waals surface area contributed by atoms with Gasteiger partial charge in [-0.15, -0.1) is 12.4 Å². The Morgan fingerprint density at radius 2 is 2.04 bits per heavy atom. The van der Waals surface area contributed by atoms with E-state index in [1.807, 2.05) is 0 Å². The molecule has 1 saturated heterocycles. The summed E-state index contributed by atoms with van der Waals surface area (Å²) in [5.74, 6) is 1.09. The second-order valence-corrected chi connectivity index (χ2v) is 8.42. The molecule has 0 unspecified atom stereocenters. The van der Waals surface area contributed by atoms with Crippen molar-refractivity contribution >= 4 is 34.8 Å². The number of carbonyl (C=O) groups excluding carboxylic acids is 1. The normalized spacial score (nSPS) is 19.9. The first kappa shape index (κ1) is 19.5. The second kappa shape index (κ2) is 7.89. The zero-order valence-corrected chi connectivity index (χ0v) is 17.6. The predicted octanol–water partition coefficient (Wildman–Crippen LogP) is 2.67. The van der Waals surface area contributed by atoms with Gasteiger partial charge in [-0.25, -0.2) is 4.98 Å². The maximum Gasteiger partial charge on any atom is 0.263 e. The van der Waals surface area contributed by atoms with Crippen LogP contribution in [0.2, 0.25) is 0 Å². The van der Waals surface area contributed by atoms with Crippen LogP contribution in [-0.2, 0) is 12.8 Å². The molecule has 1 aromatic carbocycles. The van der Waals surface area contributed by atoms with Gasteiger partial charge in [0.2, 0.25) is 0 Å². The summed E-state index contributed by atoms with van der Waals surface area (Å²) < 4.78 is 5.73. The van der Waals surface area contributed by atoms with E-state index < -0.39 is 0 Å². The first-order valence-electron chi connectivity index (χ1n) is 9.71. The van der Waals surface area contributed by atoms with Crippen molar-refractivity contribution in [3.8, 4) is 5.75 Å². The van der Waals surface area contributed by atoms with E-state index in [9.17, 15) is 4.79 Å². The summed E-state index contributed by atoms with van der Waals surface area (Å²) in [7, 11) is 0. The topological polar surface area (TPSA) is 57.7 Å². The molecular weight excluding hydrogens is 396 g/mol. The number of piperazine rings is 1. The van der Waals surface area contributed by atoms with Gasteiger partial charge < -0.3 is 15.0 Å². The smallest absolute Gasteiger partial charge is 0.263 e.